The summed E-state index contributed by atoms with van der Waals surface area (Å²) >= 11 is 0. The lowest BCUT2D eigenvalue weighted by molar-refractivity contribution is -0.122. The number of hydrogen-bond donors (Lipinski definition) is 2. The molecule has 5 nitrogen and oxygen atoms in total. The van der Waals surface area contributed by atoms with Gasteiger partial charge in [0, 0.05) is 31.0 Å². The van der Waals surface area contributed by atoms with Crippen LogP contribution in [0.15, 0.2) is 19.0 Å². The summed E-state index contributed by atoms with van der Waals surface area (Å²) in [7, 11) is 0. The summed E-state index contributed by atoms with van der Waals surface area (Å²) in [6.45, 7) is 10.9. The van der Waals surface area contributed by atoms with Gasteiger partial charge < -0.3 is 10.6 Å². The van der Waals surface area contributed by atoms with E-state index >= 15 is 0 Å². The van der Waals surface area contributed by atoms with Gasteiger partial charge in [-0.1, -0.05) is 20.4 Å². The fourth-order valence-corrected chi connectivity index (χ4v) is 1.39. The molecule has 5 heteroatoms. The fraction of sp³-hybridized carbons (Fsp3) is 0.538. The van der Waals surface area contributed by atoms with Crippen molar-refractivity contribution in [2.24, 2.45) is 5.92 Å². The first-order valence-electron chi connectivity index (χ1n) is 6.19. The number of carbonyl (C=O) groups excluding carboxylic acids is 1. The zero-order valence-corrected chi connectivity index (χ0v) is 11.3. The van der Waals surface area contributed by atoms with Crippen LogP contribution >= 0.6 is 0 Å². The van der Waals surface area contributed by atoms with E-state index in [1.54, 1.807) is 17.1 Å². The summed E-state index contributed by atoms with van der Waals surface area (Å²) in [5.74, 6) is 0.492. The molecule has 0 bridgehead atoms. The minimum Gasteiger partial charge on any atom is -0.354 e. The van der Waals surface area contributed by atoms with Crippen molar-refractivity contribution in [2.75, 3.05) is 6.54 Å². The van der Waals surface area contributed by atoms with E-state index in [-0.39, 0.29) is 11.9 Å². The molecule has 0 spiro atoms. The van der Waals surface area contributed by atoms with Gasteiger partial charge in [-0.3, -0.25) is 4.79 Å². The largest absolute Gasteiger partial charge is 0.354 e. The Balaban J connectivity index is 2.33. The van der Waals surface area contributed by atoms with Crippen LogP contribution in [0.25, 0.3) is 6.20 Å². The first-order valence-corrected chi connectivity index (χ1v) is 6.19. The summed E-state index contributed by atoms with van der Waals surface area (Å²) in [5, 5.41) is 10.1. The number of hydrogen-bond acceptors (Lipinski definition) is 3. The predicted molar refractivity (Wildman–Crippen MR) is 72.8 cm³/mol. The quantitative estimate of drug-likeness (QED) is 0.765. The van der Waals surface area contributed by atoms with Gasteiger partial charge in [0.2, 0.25) is 5.91 Å². The number of amides is 1. The maximum Gasteiger partial charge on any atom is 0.236 e. The Bertz CT molecular complexity index is 397. The van der Waals surface area contributed by atoms with Crippen molar-refractivity contribution in [1.82, 2.24) is 20.4 Å². The molecule has 1 rings (SSSR count). The molecular weight excluding hydrogens is 228 g/mol. The third-order valence-electron chi connectivity index (χ3n) is 2.53. The second-order valence-corrected chi connectivity index (χ2v) is 4.75. The molecule has 1 atom stereocenters. The van der Waals surface area contributed by atoms with Gasteiger partial charge in [-0.25, -0.2) is 4.68 Å². The van der Waals surface area contributed by atoms with Gasteiger partial charge in [0.25, 0.3) is 0 Å². The van der Waals surface area contributed by atoms with Crippen LogP contribution in [0.5, 0.6) is 0 Å². The summed E-state index contributed by atoms with van der Waals surface area (Å²) in [4.78, 5) is 11.7. The third kappa shape index (κ3) is 4.71. The molecule has 18 heavy (non-hydrogen) atoms. The number of carbonyl (C=O) groups is 1. The highest BCUT2D eigenvalue weighted by Crippen LogP contribution is 1.98. The Morgan fingerprint density at radius 3 is 2.83 bits per heavy atom. The number of rotatable bonds is 7. The minimum absolute atomic E-state index is 0.0276. The number of nitrogens with one attached hydrogen (secondary N) is 2. The summed E-state index contributed by atoms with van der Waals surface area (Å²) in [6.07, 6.45) is 5.26. The second-order valence-electron chi connectivity index (χ2n) is 4.75. The maximum absolute atomic E-state index is 11.7. The molecule has 100 valence electrons. The molecule has 0 saturated heterocycles. The van der Waals surface area contributed by atoms with Crippen molar-refractivity contribution in [3.63, 3.8) is 0 Å². The van der Waals surface area contributed by atoms with Gasteiger partial charge in [-0.2, -0.15) is 5.10 Å². The molecule has 1 aromatic rings. The zero-order chi connectivity index (χ0) is 13.5. The monoisotopic (exact) mass is 250 g/mol. The highest BCUT2D eigenvalue weighted by Gasteiger charge is 2.12. The van der Waals surface area contributed by atoms with E-state index in [0.717, 1.165) is 5.56 Å². The smallest absolute Gasteiger partial charge is 0.236 e. The van der Waals surface area contributed by atoms with Crippen molar-refractivity contribution in [2.45, 2.75) is 33.4 Å². The van der Waals surface area contributed by atoms with E-state index in [9.17, 15) is 4.79 Å². The van der Waals surface area contributed by atoms with E-state index in [1.807, 2.05) is 13.1 Å². The Morgan fingerprint density at radius 1 is 1.56 bits per heavy atom. The Labute approximate surface area is 108 Å². The fourth-order valence-electron chi connectivity index (χ4n) is 1.39. The topological polar surface area (TPSA) is 59.0 Å². The van der Waals surface area contributed by atoms with E-state index in [2.05, 4.69) is 36.2 Å². The molecule has 1 aromatic heterocycles. The van der Waals surface area contributed by atoms with Gasteiger partial charge in [-0.15, -0.1) is 0 Å². The first-order chi connectivity index (χ1) is 8.52. The van der Waals surface area contributed by atoms with E-state index in [1.165, 1.54) is 0 Å². The van der Waals surface area contributed by atoms with Crippen LogP contribution in [-0.4, -0.2) is 28.3 Å². The Hall–Kier alpha value is -1.62. The van der Waals surface area contributed by atoms with Crippen LogP contribution in [0.3, 0.4) is 0 Å². The molecule has 1 amide bonds. The SMILES string of the molecule is C=Cn1cc(CNC(C)C(=O)NCC(C)C)cn1. The van der Waals surface area contributed by atoms with Crippen LogP contribution in [0.1, 0.15) is 26.3 Å². The van der Waals surface area contributed by atoms with Gasteiger partial charge in [0.1, 0.15) is 0 Å². The molecule has 1 heterocycles. The van der Waals surface area contributed by atoms with Gasteiger partial charge >= 0.3 is 0 Å². The van der Waals surface area contributed by atoms with Crippen LogP contribution in [0, 0.1) is 5.92 Å². The summed E-state index contributed by atoms with van der Waals surface area (Å²) in [6, 6.07) is -0.212. The van der Waals surface area contributed by atoms with Gasteiger partial charge in [0.15, 0.2) is 0 Å². The van der Waals surface area contributed by atoms with Crippen LogP contribution in [0.2, 0.25) is 0 Å². The standard InChI is InChI=1S/C13H22N4O/c1-5-17-9-12(8-16-17)7-14-11(4)13(18)15-6-10(2)3/h5,8-11,14H,1,6-7H2,2-4H3,(H,15,18). The third-order valence-corrected chi connectivity index (χ3v) is 2.53. The van der Waals surface area contributed by atoms with Gasteiger partial charge in [0.05, 0.1) is 12.2 Å². The Kier molecular flexibility index (Phi) is 5.58. The number of nitrogens with zero attached hydrogens (tertiary/aromatic N) is 2. The molecule has 0 radical (unpaired) electrons. The maximum atomic E-state index is 11.7. The lowest BCUT2D eigenvalue weighted by atomic mass is 10.2. The molecule has 0 aliphatic rings. The zero-order valence-electron chi connectivity index (χ0n) is 11.3. The Morgan fingerprint density at radius 2 is 2.28 bits per heavy atom. The average molecular weight is 250 g/mol. The minimum atomic E-state index is -0.212. The molecule has 0 saturated carbocycles. The van der Waals surface area contributed by atoms with Crippen molar-refractivity contribution < 1.29 is 4.79 Å². The highest BCUT2D eigenvalue weighted by atomic mass is 16.2. The van der Waals surface area contributed by atoms with Crippen molar-refractivity contribution in [1.29, 1.82) is 0 Å². The van der Waals surface area contributed by atoms with Crippen molar-refractivity contribution >= 4 is 12.1 Å². The molecule has 0 aliphatic carbocycles. The average Bonchev–Trinajstić information content (AvgIpc) is 2.80. The summed E-state index contributed by atoms with van der Waals surface area (Å²) in [5.41, 5.74) is 1.03. The van der Waals surface area contributed by atoms with Gasteiger partial charge in [-0.05, 0) is 12.8 Å². The number of aromatic nitrogens is 2. The van der Waals surface area contributed by atoms with Crippen molar-refractivity contribution in [3.05, 3.63) is 24.5 Å². The lowest BCUT2D eigenvalue weighted by Gasteiger charge is -2.14. The molecule has 1 unspecified atom stereocenters. The predicted octanol–water partition coefficient (Wildman–Crippen LogP) is 1.23. The van der Waals surface area contributed by atoms with E-state index < -0.39 is 0 Å². The van der Waals surface area contributed by atoms with Crippen molar-refractivity contribution in [3.8, 4) is 0 Å². The van der Waals surface area contributed by atoms with Crippen LogP contribution in [0.4, 0.5) is 0 Å². The van der Waals surface area contributed by atoms with Crippen LogP contribution in [-0.2, 0) is 11.3 Å². The molecule has 0 aromatic carbocycles. The highest BCUT2D eigenvalue weighted by molar-refractivity contribution is 5.81. The van der Waals surface area contributed by atoms with Crippen LogP contribution < -0.4 is 10.6 Å². The van der Waals surface area contributed by atoms with E-state index in [0.29, 0.717) is 19.0 Å². The summed E-state index contributed by atoms with van der Waals surface area (Å²) < 4.78 is 1.64. The second kappa shape index (κ2) is 6.96. The lowest BCUT2D eigenvalue weighted by Crippen LogP contribution is -2.42. The first kappa shape index (κ1) is 14.4. The van der Waals surface area contributed by atoms with E-state index in [4.69, 9.17) is 0 Å². The molecule has 0 fully saturated rings. The molecular formula is C13H22N4O. The molecule has 0 aliphatic heterocycles. The molecule has 2 N–H and O–H groups in total. The normalized spacial score (nSPS) is 12.4.